The molecule has 88 valence electrons. The Kier molecular flexibility index (Phi) is 4.50. The number of nitrogens with one attached hydrogen (secondary N) is 1. The zero-order valence-electron chi connectivity index (χ0n) is 10.3. The number of benzene rings is 1. The highest BCUT2D eigenvalue weighted by molar-refractivity contribution is 5.99. The lowest BCUT2D eigenvalue weighted by molar-refractivity contribution is 0.0988. The normalized spacial score (nSPS) is 10.6. The summed E-state index contributed by atoms with van der Waals surface area (Å²) in [6.45, 7) is 6.35. The Hall–Kier alpha value is -1.35. The molecule has 0 spiro atoms. The van der Waals surface area contributed by atoms with Crippen LogP contribution in [0.1, 0.15) is 29.8 Å². The molecule has 0 saturated heterocycles. The third-order valence-electron chi connectivity index (χ3n) is 2.40. The van der Waals surface area contributed by atoms with Gasteiger partial charge >= 0.3 is 0 Å². The number of rotatable bonds is 5. The Labute approximate surface area is 96.8 Å². The van der Waals surface area contributed by atoms with Crippen LogP contribution in [0.4, 0.5) is 0 Å². The van der Waals surface area contributed by atoms with E-state index in [-0.39, 0.29) is 5.78 Å². The molecule has 0 heterocycles. The van der Waals surface area contributed by atoms with Gasteiger partial charge in [0.1, 0.15) is 5.75 Å². The molecule has 3 nitrogen and oxygen atoms in total. The van der Waals surface area contributed by atoms with Gasteiger partial charge in [0.15, 0.2) is 5.78 Å². The Morgan fingerprint density at radius 3 is 2.62 bits per heavy atom. The molecule has 0 radical (unpaired) electrons. The molecule has 0 fully saturated rings. The van der Waals surface area contributed by atoms with Crippen molar-refractivity contribution in [2.24, 2.45) is 0 Å². The first kappa shape index (κ1) is 12.7. The van der Waals surface area contributed by atoms with Crippen LogP contribution in [0.5, 0.6) is 5.75 Å². The first-order chi connectivity index (χ1) is 7.54. The quantitative estimate of drug-likeness (QED) is 0.774. The lowest BCUT2D eigenvalue weighted by Crippen LogP contribution is -2.29. The molecule has 3 heteroatoms. The maximum Gasteiger partial charge on any atom is 0.176 e. The number of methoxy groups -OCH3 is 1. The molecule has 1 aromatic rings. The van der Waals surface area contributed by atoms with Crippen LogP contribution in [0.2, 0.25) is 0 Å². The summed E-state index contributed by atoms with van der Waals surface area (Å²) < 4.78 is 5.10. The number of hydrogen-bond donors (Lipinski definition) is 1. The monoisotopic (exact) mass is 221 g/mol. The molecule has 1 rings (SSSR count). The maximum atomic E-state index is 11.9. The third kappa shape index (κ3) is 3.35. The summed E-state index contributed by atoms with van der Waals surface area (Å²) in [5.74, 6) is 0.903. The second-order valence-electron chi connectivity index (χ2n) is 4.14. The molecule has 0 amide bonds. The van der Waals surface area contributed by atoms with Gasteiger partial charge in [0.05, 0.1) is 13.7 Å². The fraction of sp³-hybridized carbons (Fsp3) is 0.462. The molecular weight excluding hydrogens is 202 g/mol. The summed E-state index contributed by atoms with van der Waals surface area (Å²) in [7, 11) is 1.62. The SMILES string of the molecule is COc1ccc(C(=O)CNC(C)C)c(C)c1. The van der Waals surface area contributed by atoms with Gasteiger partial charge in [-0.1, -0.05) is 13.8 Å². The fourth-order valence-electron chi connectivity index (χ4n) is 1.47. The molecule has 0 aliphatic heterocycles. The summed E-state index contributed by atoms with van der Waals surface area (Å²) in [5, 5.41) is 3.12. The topological polar surface area (TPSA) is 38.3 Å². The smallest absolute Gasteiger partial charge is 0.176 e. The van der Waals surface area contributed by atoms with E-state index in [2.05, 4.69) is 5.32 Å². The van der Waals surface area contributed by atoms with Crippen LogP contribution >= 0.6 is 0 Å². The second-order valence-corrected chi connectivity index (χ2v) is 4.14. The zero-order chi connectivity index (χ0) is 12.1. The largest absolute Gasteiger partial charge is 0.497 e. The number of ketones is 1. The van der Waals surface area contributed by atoms with Gasteiger partial charge in [-0.2, -0.15) is 0 Å². The minimum absolute atomic E-state index is 0.119. The number of Topliss-reactive ketones (excluding diaryl/α,β-unsaturated/α-hetero) is 1. The highest BCUT2D eigenvalue weighted by atomic mass is 16.5. The van der Waals surface area contributed by atoms with Crippen molar-refractivity contribution < 1.29 is 9.53 Å². The number of hydrogen-bond acceptors (Lipinski definition) is 3. The molecule has 0 bridgehead atoms. The summed E-state index contributed by atoms with van der Waals surface area (Å²) in [5.41, 5.74) is 1.71. The van der Waals surface area contributed by atoms with Crippen molar-refractivity contribution in [3.8, 4) is 5.75 Å². The minimum Gasteiger partial charge on any atom is -0.497 e. The first-order valence-corrected chi connectivity index (χ1v) is 5.46. The molecule has 0 unspecified atom stereocenters. The van der Waals surface area contributed by atoms with Gasteiger partial charge in [-0.15, -0.1) is 0 Å². The molecule has 0 aliphatic rings. The highest BCUT2D eigenvalue weighted by Crippen LogP contribution is 2.17. The minimum atomic E-state index is 0.119. The number of carbonyl (C=O) groups is 1. The predicted octanol–water partition coefficient (Wildman–Crippen LogP) is 2.18. The predicted molar refractivity (Wildman–Crippen MR) is 65.2 cm³/mol. The third-order valence-corrected chi connectivity index (χ3v) is 2.40. The van der Waals surface area contributed by atoms with Gasteiger partial charge in [-0.25, -0.2) is 0 Å². The van der Waals surface area contributed by atoms with Gasteiger partial charge < -0.3 is 10.1 Å². The van der Waals surface area contributed by atoms with Crippen molar-refractivity contribution in [1.82, 2.24) is 5.32 Å². The van der Waals surface area contributed by atoms with Crippen molar-refractivity contribution in [2.75, 3.05) is 13.7 Å². The van der Waals surface area contributed by atoms with E-state index >= 15 is 0 Å². The second kappa shape index (κ2) is 5.66. The Morgan fingerprint density at radius 1 is 1.44 bits per heavy atom. The molecule has 0 aromatic heterocycles. The van der Waals surface area contributed by atoms with Crippen LogP contribution in [-0.4, -0.2) is 25.5 Å². The van der Waals surface area contributed by atoms with E-state index in [1.165, 1.54) is 0 Å². The van der Waals surface area contributed by atoms with Crippen LogP contribution in [-0.2, 0) is 0 Å². The van der Waals surface area contributed by atoms with Gasteiger partial charge in [-0.3, -0.25) is 4.79 Å². The van der Waals surface area contributed by atoms with Crippen LogP contribution in [0.15, 0.2) is 18.2 Å². The van der Waals surface area contributed by atoms with E-state index in [0.29, 0.717) is 12.6 Å². The van der Waals surface area contributed by atoms with Crippen molar-refractivity contribution in [3.05, 3.63) is 29.3 Å². The van der Waals surface area contributed by atoms with Crippen LogP contribution in [0, 0.1) is 6.92 Å². The van der Waals surface area contributed by atoms with E-state index < -0.39 is 0 Å². The number of carbonyl (C=O) groups excluding carboxylic acids is 1. The van der Waals surface area contributed by atoms with Gasteiger partial charge in [0, 0.05) is 11.6 Å². The van der Waals surface area contributed by atoms with Gasteiger partial charge in [0.25, 0.3) is 0 Å². The van der Waals surface area contributed by atoms with Crippen molar-refractivity contribution in [2.45, 2.75) is 26.8 Å². The molecule has 16 heavy (non-hydrogen) atoms. The lowest BCUT2D eigenvalue weighted by atomic mass is 10.0. The summed E-state index contributed by atoms with van der Waals surface area (Å²) in [6.07, 6.45) is 0. The average molecular weight is 221 g/mol. The number of ether oxygens (including phenoxy) is 1. The molecule has 1 aromatic carbocycles. The van der Waals surface area contributed by atoms with Crippen LogP contribution < -0.4 is 10.1 Å². The van der Waals surface area contributed by atoms with E-state index in [9.17, 15) is 4.79 Å². The summed E-state index contributed by atoms with van der Waals surface area (Å²) in [4.78, 5) is 11.9. The number of aryl methyl sites for hydroxylation is 1. The van der Waals surface area contributed by atoms with E-state index in [1.54, 1.807) is 7.11 Å². The molecule has 0 atom stereocenters. The average Bonchev–Trinajstić information content (AvgIpc) is 2.25. The van der Waals surface area contributed by atoms with Crippen molar-refractivity contribution in [1.29, 1.82) is 0 Å². The fourth-order valence-corrected chi connectivity index (χ4v) is 1.47. The van der Waals surface area contributed by atoms with E-state index in [1.807, 2.05) is 39.0 Å². The Balaban J connectivity index is 2.76. The Morgan fingerprint density at radius 2 is 2.12 bits per heavy atom. The summed E-state index contributed by atoms with van der Waals surface area (Å²) in [6, 6.07) is 5.83. The Bertz CT molecular complexity index is 372. The zero-order valence-corrected chi connectivity index (χ0v) is 10.3. The first-order valence-electron chi connectivity index (χ1n) is 5.46. The molecule has 0 saturated carbocycles. The van der Waals surface area contributed by atoms with Gasteiger partial charge in [0.2, 0.25) is 0 Å². The maximum absolute atomic E-state index is 11.9. The molecule has 1 N–H and O–H groups in total. The van der Waals surface area contributed by atoms with E-state index in [4.69, 9.17) is 4.74 Å². The highest BCUT2D eigenvalue weighted by Gasteiger charge is 2.09. The van der Waals surface area contributed by atoms with Crippen molar-refractivity contribution >= 4 is 5.78 Å². The molecular formula is C13H19NO2. The summed E-state index contributed by atoms with van der Waals surface area (Å²) >= 11 is 0. The van der Waals surface area contributed by atoms with Crippen LogP contribution in [0.3, 0.4) is 0 Å². The standard InChI is InChI=1S/C13H19NO2/c1-9(2)14-8-13(15)12-6-5-11(16-4)7-10(12)3/h5-7,9,14H,8H2,1-4H3. The lowest BCUT2D eigenvalue weighted by Gasteiger charge is -2.10. The van der Waals surface area contributed by atoms with Gasteiger partial charge in [-0.05, 0) is 30.7 Å². The van der Waals surface area contributed by atoms with Crippen LogP contribution in [0.25, 0.3) is 0 Å². The molecule has 0 aliphatic carbocycles. The van der Waals surface area contributed by atoms with Crippen molar-refractivity contribution in [3.63, 3.8) is 0 Å². The van der Waals surface area contributed by atoms with E-state index in [0.717, 1.165) is 16.9 Å².